The number of halogens is 2. The van der Waals surface area contributed by atoms with E-state index < -0.39 is 0 Å². The molecule has 1 unspecified atom stereocenters. The highest BCUT2D eigenvalue weighted by atomic mass is 79.9. The topological polar surface area (TPSA) is 21.3 Å². The highest BCUT2D eigenvalue weighted by Crippen LogP contribution is 2.30. The molecule has 2 nitrogen and oxygen atoms in total. The first-order valence-electron chi connectivity index (χ1n) is 6.96. The fourth-order valence-electron chi connectivity index (χ4n) is 2.37. The number of benzene rings is 2. The van der Waals surface area contributed by atoms with Crippen LogP contribution >= 0.6 is 31.9 Å². The third-order valence-electron chi connectivity index (χ3n) is 3.39. The van der Waals surface area contributed by atoms with Crippen LogP contribution in [0.2, 0.25) is 0 Å². The first-order valence-corrected chi connectivity index (χ1v) is 8.54. The van der Waals surface area contributed by atoms with Crippen molar-refractivity contribution in [1.82, 2.24) is 5.32 Å². The molecule has 0 spiro atoms. The molecule has 0 saturated carbocycles. The van der Waals surface area contributed by atoms with Crippen LogP contribution in [0, 0.1) is 0 Å². The van der Waals surface area contributed by atoms with Crippen LogP contribution < -0.4 is 10.1 Å². The average Bonchev–Trinajstić information content (AvgIpc) is 2.47. The van der Waals surface area contributed by atoms with Crippen molar-refractivity contribution >= 4 is 31.9 Å². The van der Waals surface area contributed by atoms with E-state index >= 15 is 0 Å². The van der Waals surface area contributed by atoms with Gasteiger partial charge in [0.1, 0.15) is 5.75 Å². The van der Waals surface area contributed by atoms with Crippen LogP contribution in [-0.2, 0) is 6.42 Å². The van der Waals surface area contributed by atoms with E-state index in [9.17, 15) is 0 Å². The lowest BCUT2D eigenvalue weighted by Gasteiger charge is -2.20. The molecule has 21 heavy (non-hydrogen) atoms. The summed E-state index contributed by atoms with van der Waals surface area (Å²) in [5, 5.41) is 3.56. The number of rotatable bonds is 6. The van der Waals surface area contributed by atoms with Gasteiger partial charge in [-0.05, 0) is 58.2 Å². The smallest absolute Gasteiger partial charge is 0.133 e. The van der Waals surface area contributed by atoms with Crippen LogP contribution in [0.4, 0.5) is 0 Å². The first kappa shape index (κ1) is 16.5. The first-order chi connectivity index (χ1) is 10.2. The number of likely N-dealkylation sites (N-methyl/N-ethyl adjacent to an activating group) is 1. The van der Waals surface area contributed by atoms with Crippen LogP contribution in [0.5, 0.6) is 5.75 Å². The third kappa shape index (κ3) is 4.31. The Balaban J connectivity index is 2.24. The molecule has 0 aliphatic heterocycles. The fourth-order valence-corrected chi connectivity index (χ4v) is 3.52. The van der Waals surface area contributed by atoms with Crippen molar-refractivity contribution in [2.24, 2.45) is 0 Å². The highest BCUT2D eigenvalue weighted by Gasteiger charge is 2.14. The van der Waals surface area contributed by atoms with E-state index in [0.717, 1.165) is 27.7 Å². The molecule has 0 fully saturated rings. The molecule has 0 aromatic heterocycles. The quantitative estimate of drug-likeness (QED) is 0.711. The molecule has 0 aliphatic carbocycles. The Hall–Kier alpha value is -0.840. The maximum atomic E-state index is 5.29. The van der Waals surface area contributed by atoms with Gasteiger partial charge >= 0.3 is 0 Å². The van der Waals surface area contributed by atoms with Gasteiger partial charge < -0.3 is 10.1 Å². The largest absolute Gasteiger partial charge is 0.496 e. The zero-order valence-electron chi connectivity index (χ0n) is 12.2. The molecule has 1 N–H and O–H groups in total. The molecular formula is C17H19Br2NO. The molecule has 0 bridgehead atoms. The SMILES string of the molecule is CCNC(Cc1ccc(OC)c(Br)c1)c1ccccc1Br. The molecule has 1 atom stereocenters. The van der Waals surface area contributed by atoms with Crippen LogP contribution in [-0.4, -0.2) is 13.7 Å². The summed E-state index contributed by atoms with van der Waals surface area (Å²) in [5.41, 5.74) is 2.55. The summed E-state index contributed by atoms with van der Waals surface area (Å²) in [7, 11) is 1.68. The van der Waals surface area contributed by atoms with E-state index in [-0.39, 0.29) is 6.04 Å². The van der Waals surface area contributed by atoms with Gasteiger partial charge in [-0.3, -0.25) is 0 Å². The second kappa shape index (κ2) is 7.97. The zero-order valence-corrected chi connectivity index (χ0v) is 15.4. The van der Waals surface area contributed by atoms with E-state index in [1.807, 2.05) is 12.1 Å². The summed E-state index contributed by atoms with van der Waals surface area (Å²) >= 11 is 7.20. The molecule has 2 aromatic rings. The summed E-state index contributed by atoms with van der Waals surface area (Å²) in [6.07, 6.45) is 0.930. The molecule has 2 rings (SSSR count). The Morgan fingerprint density at radius 2 is 1.86 bits per heavy atom. The molecule has 2 aromatic carbocycles. The Kier molecular flexibility index (Phi) is 6.27. The maximum Gasteiger partial charge on any atom is 0.133 e. The number of nitrogens with one attached hydrogen (secondary N) is 1. The fraction of sp³-hybridized carbons (Fsp3) is 0.294. The minimum atomic E-state index is 0.283. The molecule has 0 saturated heterocycles. The average molecular weight is 413 g/mol. The van der Waals surface area contributed by atoms with Crippen molar-refractivity contribution in [3.63, 3.8) is 0 Å². The van der Waals surface area contributed by atoms with Gasteiger partial charge in [0, 0.05) is 10.5 Å². The van der Waals surface area contributed by atoms with Crippen molar-refractivity contribution in [1.29, 1.82) is 0 Å². The monoisotopic (exact) mass is 411 g/mol. The molecule has 112 valence electrons. The van der Waals surface area contributed by atoms with Gasteiger partial charge in [-0.15, -0.1) is 0 Å². The minimum absolute atomic E-state index is 0.283. The van der Waals surface area contributed by atoms with E-state index in [1.54, 1.807) is 7.11 Å². The van der Waals surface area contributed by atoms with E-state index in [2.05, 4.69) is 74.4 Å². The van der Waals surface area contributed by atoms with Gasteiger partial charge in [0.25, 0.3) is 0 Å². The van der Waals surface area contributed by atoms with E-state index in [1.165, 1.54) is 11.1 Å². The second-order valence-electron chi connectivity index (χ2n) is 4.80. The number of hydrogen-bond donors (Lipinski definition) is 1. The van der Waals surface area contributed by atoms with Crippen molar-refractivity contribution in [3.05, 3.63) is 62.5 Å². The Morgan fingerprint density at radius 1 is 1.10 bits per heavy atom. The van der Waals surface area contributed by atoms with Gasteiger partial charge in [0.05, 0.1) is 11.6 Å². The predicted molar refractivity (Wildman–Crippen MR) is 95.0 cm³/mol. The summed E-state index contributed by atoms with van der Waals surface area (Å²) in [4.78, 5) is 0. The molecule has 0 amide bonds. The Labute approximate surface area is 143 Å². The van der Waals surface area contributed by atoms with Gasteiger partial charge in [-0.1, -0.05) is 47.1 Å². The van der Waals surface area contributed by atoms with E-state index in [4.69, 9.17) is 4.74 Å². The van der Waals surface area contributed by atoms with E-state index in [0.29, 0.717) is 0 Å². The lowest BCUT2D eigenvalue weighted by atomic mass is 9.99. The Bertz CT molecular complexity index is 601. The highest BCUT2D eigenvalue weighted by molar-refractivity contribution is 9.10. The van der Waals surface area contributed by atoms with Crippen LogP contribution in [0.3, 0.4) is 0 Å². The van der Waals surface area contributed by atoms with Gasteiger partial charge in [-0.25, -0.2) is 0 Å². The summed E-state index contributed by atoms with van der Waals surface area (Å²) < 4.78 is 7.42. The summed E-state index contributed by atoms with van der Waals surface area (Å²) in [6.45, 7) is 3.07. The molecule has 0 aliphatic rings. The number of hydrogen-bond acceptors (Lipinski definition) is 2. The summed E-state index contributed by atoms with van der Waals surface area (Å²) in [5.74, 6) is 0.861. The van der Waals surface area contributed by atoms with Crippen molar-refractivity contribution < 1.29 is 4.74 Å². The molecule has 0 heterocycles. The number of methoxy groups -OCH3 is 1. The zero-order chi connectivity index (χ0) is 15.2. The Morgan fingerprint density at radius 3 is 2.48 bits per heavy atom. The normalized spacial score (nSPS) is 12.2. The van der Waals surface area contributed by atoms with Crippen LogP contribution in [0.25, 0.3) is 0 Å². The summed E-state index contributed by atoms with van der Waals surface area (Å²) in [6, 6.07) is 14.9. The van der Waals surface area contributed by atoms with Crippen molar-refractivity contribution in [2.75, 3.05) is 13.7 Å². The van der Waals surface area contributed by atoms with Crippen molar-refractivity contribution in [2.45, 2.75) is 19.4 Å². The standard InChI is InChI=1S/C17H19Br2NO/c1-3-20-16(13-6-4-5-7-14(13)18)11-12-8-9-17(21-2)15(19)10-12/h4-10,16,20H,3,11H2,1-2H3. The van der Waals surface area contributed by atoms with Crippen LogP contribution in [0.15, 0.2) is 51.4 Å². The lowest BCUT2D eigenvalue weighted by molar-refractivity contribution is 0.412. The van der Waals surface area contributed by atoms with Gasteiger partial charge in [-0.2, -0.15) is 0 Å². The molecule has 4 heteroatoms. The molecule has 0 radical (unpaired) electrons. The van der Waals surface area contributed by atoms with Crippen LogP contribution in [0.1, 0.15) is 24.1 Å². The lowest BCUT2D eigenvalue weighted by Crippen LogP contribution is -2.23. The maximum absolute atomic E-state index is 5.29. The third-order valence-corrected chi connectivity index (χ3v) is 4.73. The minimum Gasteiger partial charge on any atom is -0.496 e. The van der Waals surface area contributed by atoms with Gasteiger partial charge in [0.2, 0.25) is 0 Å². The molecular weight excluding hydrogens is 394 g/mol. The number of ether oxygens (including phenoxy) is 1. The predicted octanol–water partition coefficient (Wildman–Crippen LogP) is 5.11. The van der Waals surface area contributed by atoms with Gasteiger partial charge in [0.15, 0.2) is 0 Å². The van der Waals surface area contributed by atoms with Crippen molar-refractivity contribution in [3.8, 4) is 5.75 Å². The second-order valence-corrected chi connectivity index (χ2v) is 6.51.